The fraction of sp³-hybridized carbons (Fsp3) is 0.238. The van der Waals surface area contributed by atoms with Crippen LogP contribution in [0.3, 0.4) is 0 Å². The number of hydrogen-bond donors (Lipinski definition) is 1. The number of piperazine rings is 1. The zero-order chi connectivity index (χ0) is 19.9. The van der Waals surface area contributed by atoms with Crippen molar-refractivity contribution in [2.75, 3.05) is 38.0 Å². The normalized spacial score (nSPS) is 15.0. The second-order valence-corrected chi connectivity index (χ2v) is 6.92. The lowest BCUT2D eigenvalue weighted by Crippen LogP contribution is -2.50. The zero-order valence-electron chi connectivity index (χ0n) is 15.3. The summed E-state index contributed by atoms with van der Waals surface area (Å²) in [7, 11) is 0. The van der Waals surface area contributed by atoms with Crippen molar-refractivity contribution in [1.29, 1.82) is 0 Å². The molecule has 1 heterocycles. The predicted octanol–water partition coefficient (Wildman–Crippen LogP) is 3.28. The van der Waals surface area contributed by atoms with E-state index in [2.05, 4.69) is 5.32 Å². The Balaban J connectivity index is 1.44. The molecule has 2 amide bonds. The molecule has 1 N–H and O–H groups in total. The van der Waals surface area contributed by atoms with Crippen molar-refractivity contribution in [3.8, 4) is 0 Å². The van der Waals surface area contributed by atoms with Gasteiger partial charge in [-0.1, -0.05) is 35.9 Å². The number of para-hydroxylation sites is 1. The minimum Gasteiger partial charge on any atom is -0.337 e. The molecule has 1 saturated heterocycles. The van der Waals surface area contributed by atoms with Crippen LogP contribution in [0.25, 0.3) is 6.08 Å². The van der Waals surface area contributed by atoms with E-state index in [0.29, 0.717) is 36.9 Å². The van der Waals surface area contributed by atoms with E-state index in [4.69, 9.17) is 11.6 Å². The molecule has 0 unspecified atom stereocenters. The number of halogens is 2. The number of carbonyl (C=O) groups is 2. The number of nitrogens with zero attached hydrogens (tertiary/aromatic N) is 2. The van der Waals surface area contributed by atoms with E-state index in [-0.39, 0.29) is 24.2 Å². The van der Waals surface area contributed by atoms with E-state index in [0.717, 1.165) is 5.56 Å². The van der Waals surface area contributed by atoms with Crippen LogP contribution in [-0.4, -0.2) is 54.3 Å². The SMILES string of the molecule is O=C(CN1CCN(C(=O)/C=C/c2ccc(F)cc2)CC1)Nc1ccccc1Cl. The van der Waals surface area contributed by atoms with Crippen LogP contribution >= 0.6 is 11.6 Å². The Morgan fingerprint density at radius 2 is 1.71 bits per heavy atom. The number of nitrogens with one attached hydrogen (secondary N) is 1. The van der Waals surface area contributed by atoms with Gasteiger partial charge in [0, 0.05) is 32.3 Å². The number of carbonyl (C=O) groups excluding carboxylic acids is 2. The molecule has 7 heteroatoms. The maximum absolute atomic E-state index is 12.9. The van der Waals surface area contributed by atoms with Crippen LogP contribution in [0, 0.1) is 5.82 Å². The Hall–Kier alpha value is -2.70. The van der Waals surface area contributed by atoms with Crippen molar-refractivity contribution >= 4 is 35.2 Å². The molecule has 1 aliphatic heterocycles. The van der Waals surface area contributed by atoms with Gasteiger partial charge >= 0.3 is 0 Å². The van der Waals surface area contributed by atoms with E-state index in [1.807, 2.05) is 11.0 Å². The molecule has 2 aromatic carbocycles. The summed E-state index contributed by atoms with van der Waals surface area (Å²) in [5.74, 6) is -0.535. The Bertz CT molecular complexity index is 862. The Morgan fingerprint density at radius 1 is 1.04 bits per heavy atom. The van der Waals surface area contributed by atoms with Gasteiger partial charge in [-0.25, -0.2) is 4.39 Å². The number of benzene rings is 2. The van der Waals surface area contributed by atoms with Gasteiger partial charge in [-0.2, -0.15) is 0 Å². The highest BCUT2D eigenvalue weighted by atomic mass is 35.5. The fourth-order valence-corrected chi connectivity index (χ4v) is 3.11. The predicted molar refractivity (Wildman–Crippen MR) is 109 cm³/mol. The lowest BCUT2D eigenvalue weighted by Gasteiger charge is -2.33. The molecular weight excluding hydrogens is 381 g/mol. The lowest BCUT2D eigenvalue weighted by atomic mass is 10.2. The minimum atomic E-state index is -0.307. The average molecular weight is 402 g/mol. The maximum Gasteiger partial charge on any atom is 0.246 e. The molecular formula is C21H21ClFN3O2. The summed E-state index contributed by atoms with van der Waals surface area (Å²) in [6, 6.07) is 13.0. The van der Waals surface area contributed by atoms with Gasteiger partial charge in [0.25, 0.3) is 0 Å². The molecule has 146 valence electrons. The number of rotatable bonds is 5. The van der Waals surface area contributed by atoms with Crippen LogP contribution < -0.4 is 5.32 Å². The van der Waals surface area contributed by atoms with E-state index in [1.165, 1.54) is 18.2 Å². The van der Waals surface area contributed by atoms with Crippen molar-refractivity contribution in [2.45, 2.75) is 0 Å². The standard InChI is InChI=1S/C21H21ClFN3O2/c22-18-3-1-2-4-19(18)24-20(27)15-25-11-13-26(14-12-25)21(28)10-7-16-5-8-17(23)9-6-16/h1-10H,11-15H2,(H,24,27)/b10-7+. The molecule has 3 rings (SSSR count). The molecule has 2 aromatic rings. The molecule has 0 radical (unpaired) electrons. The highest BCUT2D eigenvalue weighted by Crippen LogP contribution is 2.20. The summed E-state index contributed by atoms with van der Waals surface area (Å²) in [5, 5.41) is 3.30. The third-order valence-corrected chi connectivity index (χ3v) is 4.82. The highest BCUT2D eigenvalue weighted by Gasteiger charge is 2.21. The molecule has 5 nitrogen and oxygen atoms in total. The molecule has 0 atom stereocenters. The second-order valence-electron chi connectivity index (χ2n) is 6.51. The fourth-order valence-electron chi connectivity index (χ4n) is 2.93. The molecule has 1 aliphatic rings. The third kappa shape index (κ3) is 5.65. The van der Waals surface area contributed by atoms with Crippen molar-refractivity contribution in [3.63, 3.8) is 0 Å². The zero-order valence-corrected chi connectivity index (χ0v) is 16.0. The van der Waals surface area contributed by atoms with Gasteiger partial charge in [0.2, 0.25) is 11.8 Å². The maximum atomic E-state index is 12.9. The van der Waals surface area contributed by atoms with E-state index in [1.54, 1.807) is 41.3 Å². The van der Waals surface area contributed by atoms with Crippen LogP contribution in [0.1, 0.15) is 5.56 Å². The Kier molecular flexibility index (Phi) is 6.79. The number of anilines is 1. The average Bonchev–Trinajstić information content (AvgIpc) is 2.69. The first-order valence-corrected chi connectivity index (χ1v) is 9.38. The van der Waals surface area contributed by atoms with Crippen molar-refractivity contribution < 1.29 is 14.0 Å². The summed E-state index contributed by atoms with van der Waals surface area (Å²) in [6.45, 7) is 2.58. The van der Waals surface area contributed by atoms with E-state index >= 15 is 0 Å². The van der Waals surface area contributed by atoms with Gasteiger partial charge in [-0.3, -0.25) is 14.5 Å². The van der Waals surface area contributed by atoms with E-state index < -0.39 is 0 Å². The van der Waals surface area contributed by atoms with Gasteiger partial charge in [-0.05, 0) is 35.9 Å². The van der Waals surface area contributed by atoms with Crippen LogP contribution in [0.4, 0.5) is 10.1 Å². The number of hydrogen-bond acceptors (Lipinski definition) is 3. The van der Waals surface area contributed by atoms with Gasteiger partial charge in [0.1, 0.15) is 5.82 Å². The molecule has 28 heavy (non-hydrogen) atoms. The molecule has 0 spiro atoms. The quantitative estimate of drug-likeness (QED) is 0.782. The minimum absolute atomic E-state index is 0.0931. The first-order valence-electron chi connectivity index (χ1n) is 9.00. The van der Waals surface area contributed by atoms with Crippen molar-refractivity contribution in [3.05, 3.63) is 71.0 Å². The molecule has 0 bridgehead atoms. The number of amides is 2. The van der Waals surface area contributed by atoms with Crippen LogP contribution in [0.5, 0.6) is 0 Å². The van der Waals surface area contributed by atoms with Crippen LogP contribution in [-0.2, 0) is 9.59 Å². The molecule has 1 fully saturated rings. The summed E-state index contributed by atoms with van der Waals surface area (Å²) in [6.07, 6.45) is 3.16. The monoisotopic (exact) mass is 401 g/mol. The second kappa shape index (κ2) is 9.48. The molecule has 0 aliphatic carbocycles. The van der Waals surface area contributed by atoms with Gasteiger partial charge in [-0.15, -0.1) is 0 Å². The summed E-state index contributed by atoms with van der Waals surface area (Å²) < 4.78 is 12.9. The Labute approximate surface area is 168 Å². The van der Waals surface area contributed by atoms with E-state index in [9.17, 15) is 14.0 Å². The molecule has 0 saturated carbocycles. The van der Waals surface area contributed by atoms with Crippen molar-refractivity contribution in [2.24, 2.45) is 0 Å². The smallest absolute Gasteiger partial charge is 0.246 e. The van der Waals surface area contributed by atoms with Crippen LogP contribution in [0.2, 0.25) is 5.02 Å². The topological polar surface area (TPSA) is 52.7 Å². The largest absolute Gasteiger partial charge is 0.337 e. The lowest BCUT2D eigenvalue weighted by molar-refractivity contribution is -0.127. The Morgan fingerprint density at radius 3 is 2.39 bits per heavy atom. The van der Waals surface area contributed by atoms with Crippen LogP contribution in [0.15, 0.2) is 54.6 Å². The molecule has 0 aromatic heterocycles. The summed E-state index contributed by atoms with van der Waals surface area (Å²) in [5.41, 5.74) is 1.36. The summed E-state index contributed by atoms with van der Waals surface area (Å²) in [4.78, 5) is 28.2. The van der Waals surface area contributed by atoms with Gasteiger partial charge in [0.05, 0.1) is 17.3 Å². The first-order chi connectivity index (χ1) is 13.5. The summed E-state index contributed by atoms with van der Waals surface area (Å²) >= 11 is 6.05. The first kappa shape index (κ1) is 20.0. The highest BCUT2D eigenvalue weighted by molar-refractivity contribution is 6.33. The third-order valence-electron chi connectivity index (χ3n) is 4.49. The van der Waals surface area contributed by atoms with Crippen molar-refractivity contribution in [1.82, 2.24) is 9.80 Å². The van der Waals surface area contributed by atoms with Gasteiger partial charge < -0.3 is 10.2 Å². The van der Waals surface area contributed by atoms with Gasteiger partial charge in [0.15, 0.2) is 0 Å².